The molecule has 0 spiro atoms. The summed E-state index contributed by atoms with van der Waals surface area (Å²) in [6.07, 6.45) is -3.58. The Morgan fingerprint density at radius 3 is 2.30 bits per heavy atom. The van der Waals surface area contributed by atoms with Gasteiger partial charge in [0.2, 0.25) is 0 Å². The number of carbonyl (C=O) groups is 2. The monoisotopic (exact) mass is 400 g/mol. The molecule has 6 nitrogen and oxygen atoms in total. The Bertz CT molecular complexity index is 972. The molecule has 0 atom stereocenters. The van der Waals surface area contributed by atoms with E-state index in [9.17, 15) is 31.2 Å². The smallest absolute Gasteiger partial charge is 0.343 e. The van der Waals surface area contributed by atoms with Crippen LogP contribution in [0.15, 0.2) is 53.4 Å². The lowest BCUT2D eigenvalue weighted by Crippen LogP contribution is -2.33. The molecule has 2 N–H and O–H groups in total. The summed E-state index contributed by atoms with van der Waals surface area (Å²) in [7, 11) is -3.65. The van der Waals surface area contributed by atoms with E-state index >= 15 is 0 Å². The van der Waals surface area contributed by atoms with Gasteiger partial charge in [0.1, 0.15) is 6.54 Å². The molecule has 0 aliphatic carbocycles. The molecule has 27 heavy (non-hydrogen) atoms. The average molecular weight is 400 g/mol. The van der Waals surface area contributed by atoms with Crippen LogP contribution in [0.25, 0.3) is 0 Å². The quantitative estimate of drug-likeness (QED) is 0.807. The first-order valence-corrected chi connectivity index (χ1v) is 9.42. The first-order chi connectivity index (χ1) is 12.5. The summed E-state index contributed by atoms with van der Waals surface area (Å²) in [5, 5.41) is 4.16. The number of hydrogen-bond acceptors (Lipinski definition) is 4. The summed E-state index contributed by atoms with van der Waals surface area (Å²) < 4.78 is 60.1. The summed E-state index contributed by atoms with van der Waals surface area (Å²) in [5.74, 6) is -1.69. The molecule has 0 fully saturated rings. The number of hydrogen-bond donors (Lipinski definition) is 2. The largest absolute Gasteiger partial charge is 0.405 e. The second kappa shape index (κ2) is 7.78. The molecule has 0 radical (unpaired) electrons. The summed E-state index contributed by atoms with van der Waals surface area (Å²) in [4.78, 5) is 24.0. The number of carbonyl (C=O) groups excluding carboxylic acids is 2. The van der Waals surface area contributed by atoms with E-state index in [1.165, 1.54) is 48.5 Å². The van der Waals surface area contributed by atoms with Gasteiger partial charge in [-0.05, 0) is 30.3 Å². The molecule has 144 valence electrons. The number of alkyl halides is 3. The zero-order chi connectivity index (χ0) is 20.2. The average Bonchev–Trinajstić information content (AvgIpc) is 2.58. The minimum absolute atomic E-state index is 0.0894. The van der Waals surface area contributed by atoms with Gasteiger partial charge in [-0.3, -0.25) is 9.59 Å². The van der Waals surface area contributed by atoms with Crippen LogP contribution in [0.5, 0.6) is 0 Å². The molecule has 2 aromatic rings. The third kappa shape index (κ3) is 5.81. The summed E-state index contributed by atoms with van der Waals surface area (Å²) in [6, 6.07) is 10.8. The van der Waals surface area contributed by atoms with Crippen molar-refractivity contribution in [1.82, 2.24) is 5.32 Å². The van der Waals surface area contributed by atoms with Crippen LogP contribution in [0.3, 0.4) is 0 Å². The Labute approximate surface area is 153 Å². The molecule has 10 heteroatoms. The SMILES string of the molecule is CS(=O)(=O)c1ccccc1C(=O)Nc1cccc(C(=O)NCC(F)(F)F)c1. The Kier molecular flexibility index (Phi) is 5.89. The predicted octanol–water partition coefficient (Wildman–Crippen LogP) is 2.63. The van der Waals surface area contributed by atoms with Crippen LogP contribution >= 0.6 is 0 Å². The Morgan fingerprint density at radius 1 is 1.00 bits per heavy atom. The Hall–Kier alpha value is -2.88. The number of benzene rings is 2. The summed E-state index contributed by atoms with van der Waals surface area (Å²) in [6.45, 7) is -1.48. The van der Waals surface area contributed by atoms with Crippen molar-refractivity contribution < 1.29 is 31.2 Å². The fourth-order valence-electron chi connectivity index (χ4n) is 2.20. The third-order valence-electron chi connectivity index (χ3n) is 3.36. The van der Waals surface area contributed by atoms with Gasteiger partial charge in [0, 0.05) is 17.5 Å². The Morgan fingerprint density at radius 2 is 1.67 bits per heavy atom. The molecule has 2 rings (SSSR count). The predicted molar refractivity (Wildman–Crippen MR) is 92.3 cm³/mol. The molecule has 0 unspecified atom stereocenters. The maximum Gasteiger partial charge on any atom is 0.405 e. The van der Waals surface area contributed by atoms with Crippen LogP contribution in [-0.4, -0.2) is 39.2 Å². The lowest BCUT2D eigenvalue weighted by Gasteiger charge is -2.11. The molecule has 0 saturated carbocycles. The van der Waals surface area contributed by atoms with Crippen molar-refractivity contribution in [1.29, 1.82) is 0 Å². The van der Waals surface area contributed by atoms with Gasteiger partial charge in [0.05, 0.1) is 10.5 Å². The molecule has 0 aromatic heterocycles. The van der Waals surface area contributed by atoms with E-state index in [-0.39, 0.29) is 21.7 Å². The van der Waals surface area contributed by atoms with E-state index in [1.54, 1.807) is 5.32 Å². The molecule has 2 amide bonds. The van der Waals surface area contributed by atoms with Crippen molar-refractivity contribution in [2.45, 2.75) is 11.1 Å². The minimum Gasteiger partial charge on any atom is -0.343 e. The zero-order valence-corrected chi connectivity index (χ0v) is 14.8. The second-order valence-electron chi connectivity index (χ2n) is 5.60. The molecule has 0 saturated heterocycles. The van der Waals surface area contributed by atoms with Gasteiger partial charge in [0.15, 0.2) is 9.84 Å². The van der Waals surface area contributed by atoms with E-state index < -0.39 is 34.4 Å². The summed E-state index contributed by atoms with van der Waals surface area (Å²) in [5.41, 5.74) is -0.0525. The lowest BCUT2D eigenvalue weighted by atomic mass is 10.1. The molecular formula is C17H15F3N2O4S. The first-order valence-electron chi connectivity index (χ1n) is 7.53. The number of sulfone groups is 1. The maximum atomic E-state index is 12.4. The highest BCUT2D eigenvalue weighted by Crippen LogP contribution is 2.18. The number of nitrogens with one attached hydrogen (secondary N) is 2. The highest BCUT2D eigenvalue weighted by Gasteiger charge is 2.28. The van der Waals surface area contributed by atoms with E-state index in [4.69, 9.17) is 0 Å². The molecule has 2 aromatic carbocycles. The highest BCUT2D eigenvalue weighted by atomic mass is 32.2. The van der Waals surface area contributed by atoms with Crippen molar-refractivity contribution in [3.63, 3.8) is 0 Å². The normalized spacial score (nSPS) is 11.7. The fraction of sp³-hybridized carbons (Fsp3) is 0.176. The van der Waals surface area contributed by atoms with Crippen LogP contribution in [0.1, 0.15) is 20.7 Å². The van der Waals surface area contributed by atoms with Crippen LogP contribution in [-0.2, 0) is 9.84 Å². The van der Waals surface area contributed by atoms with Crippen molar-refractivity contribution >= 4 is 27.3 Å². The van der Waals surface area contributed by atoms with E-state index in [1.807, 2.05) is 0 Å². The van der Waals surface area contributed by atoms with Gasteiger partial charge in [-0.1, -0.05) is 18.2 Å². The minimum atomic E-state index is -4.54. The zero-order valence-electron chi connectivity index (χ0n) is 14.0. The molecule has 0 aliphatic rings. The maximum absolute atomic E-state index is 12.4. The van der Waals surface area contributed by atoms with E-state index in [0.717, 1.165) is 6.26 Å². The number of amides is 2. The van der Waals surface area contributed by atoms with Crippen LogP contribution in [0.2, 0.25) is 0 Å². The van der Waals surface area contributed by atoms with E-state index in [0.29, 0.717) is 0 Å². The molecule has 0 aliphatic heterocycles. The summed E-state index contributed by atoms with van der Waals surface area (Å²) >= 11 is 0. The van der Waals surface area contributed by atoms with Gasteiger partial charge in [0.25, 0.3) is 11.8 Å². The van der Waals surface area contributed by atoms with E-state index in [2.05, 4.69) is 5.32 Å². The topological polar surface area (TPSA) is 92.3 Å². The highest BCUT2D eigenvalue weighted by molar-refractivity contribution is 7.90. The van der Waals surface area contributed by atoms with Gasteiger partial charge in [-0.25, -0.2) is 8.42 Å². The number of rotatable bonds is 5. The van der Waals surface area contributed by atoms with Gasteiger partial charge < -0.3 is 10.6 Å². The molecular weight excluding hydrogens is 385 g/mol. The lowest BCUT2D eigenvalue weighted by molar-refractivity contribution is -0.123. The van der Waals surface area contributed by atoms with Gasteiger partial charge >= 0.3 is 6.18 Å². The number of anilines is 1. The second-order valence-corrected chi connectivity index (χ2v) is 7.59. The Balaban J connectivity index is 2.20. The molecule has 0 heterocycles. The fourth-order valence-corrected chi connectivity index (χ4v) is 3.08. The van der Waals surface area contributed by atoms with Crippen LogP contribution in [0.4, 0.5) is 18.9 Å². The van der Waals surface area contributed by atoms with Crippen LogP contribution < -0.4 is 10.6 Å². The van der Waals surface area contributed by atoms with Crippen molar-refractivity contribution in [2.24, 2.45) is 0 Å². The van der Waals surface area contributed by atoms with Gasteiger partial charge in [-0.15, -0.1) is 0 Å². The van der Waals surface area contributed by atoms with Gasteiger partial charge in [-0.2, -0.15) is 13.2 Å². The van der Waals surface area contributed by atoms with Crippen LogP contribution in [0, 0.1) is 0 Å². The first kappa shape index (κ1) is 20.4. The van der Waals surface area contributed by atoms with Crippen molar-refractivity contribution in [3.05, 3.63) is 59.7 Å². The van der Waals surface area contributed by atoms with Crippen molar-refractivity contribution in [3.8, 4) is 0 Å². The third-order valence-corrected chi connectivity index (χ3v) is 4.52. The standard InChI is InChI=1S/C17H15F3N2O4S/c1-27(25,26)14-8-3-2-7-13(14)16(24)22-12-6-4-5-11(9-12)15(23)21-10-17(18,19)20/h2-9H,10H2,1H3,(H,21,23)(H,22,24). The number of halogens is 3. The molecule has 0 bridgehead atoms. The van der Waals surface area contributed by atoms with Crippen molar-refractivity contribution in [2.75, 3.05) is 18.1 Å².